The Morgan fingerprint density at radius 1 is 1.09 bits per heavy atom. The molecule has 1 saturated heterocycles. The fraction of sp³-hybridized carbons (Fsp3) is 0.613. The van der Waals surface area contributed by atoms with Crippen molar-refractivity contribution >= 4 is 34.0 Å². The van der Waals surface area contributed by atoms with Gasteiger partial charge in [0.1, 0.15) is 23.2 Å². The highest BCUT2D eigenvalue weighted by atomic mass is 32.2. The Kier molecular flexibility index (Phi) is 10.4. The summed E-state index contributed by atoms with van der Waals surface area (Å²) in [4.78, 5) is 55.1. The molecule has 13 heteroatoms. The summed E-state index contributed by atoms with van der Waals surface area (Å²) in [5.74, 6) is -2.11. The highest BCUT2D eigenvalue weighted by Crippen LogP contribution is 2.45. The van der Waals surface area contributed by atoms with Crippen molar-refractivity contribution in [2.45, 2.75) is 102 Å². The summed E-state index contributed by atoms with van der Waals surface area (Å²) in [6.45, 7) is 5.60. The van der Waals surface area contributed by atoms with E-state index in [9.17, 15) is 27.6 Å². The molecule has 3 aliphatic rings. The molecule has 0 radical (unpaired) electrons. The van der Waals surface area contributed by atoms with Crippen molar-refractivity contribution in [1.82, 2.24) is 24.6 Å². The molecule has 2 fully saturated rings. The van der Waals surface area contributed by atoms with E-state index in [-0.39, 0.29) is 18.9 Å². The van der Waals surface area contributed by atoms with Crippen LogP contribution in [0.2, 0.25) is 0 Å². The molecule has 1 saturated carbocycles. The normalized spacial score (nSPS) is 27.2. The van der Waals surface area contributed by atoms with Crippen LogP contribution < -0.4 is 15.4 Å². The summed E-state index contributed by atoms with van der Waals surface area (Å²) in [6.07, 6.45) is 7.75. The van der Waals surface area contributed by atoms with Crippen molar-refractivity contribution in [3.05, 3.63) is 48.0 Å². The van der Waals surface area contributed by atoms with Crippen LogP contribution in [0.3, 0.4) is 0 Å². The second-order valence-corrected chi connectivity index (χ2v) is 14.7. The molecule has 3 N–H and O–H groups in total. The van der Waals surface area contributed by atoms with Gasteiger partial charge < -0.3 is 20.3 Å². The number of carbonyl (C=O) groups is 4. The van der Waals surface area contributed by atoms with E-state index in [4.69, 9.17) is 4.74 Å². The van der Waals surface area contributed by atoms with E-state index >= 15 is 0 Å². The lowest BCUT2D eigenvalue weighted by Gasteiger charge is -2.30. The third-order valence-electron chi connectivity index (χ3n) is 8.21. The van der Waals surface area contributed by atoms with Gasteiger partial charge in [0.05, 0.1) is 0 Å². The number of benzene rings is 1. The van der Waals surface area contributed by atoms with Crippen molar-refractivity contribution in [1.29, 1.82) is 0 Å². The van der Waals surface area contributed by atoms with Gasteiger partial charge in [-0.05, 0) is 64.9 Å². The fourth-order valence-electron chi connectivity index (χ4n) is 5.75. The molecule has 4 rings (SSSR count). The number of amides is 4. The Balaban J connectivity index is 1.52. The van der Waals surface area contributed by atoms with Crippen LogP contribution in [0.4, 0.5) is 4.79 Å². The predicted molar refractivity (Wildman–Crippen MR) is 164 cm³/mol. The van der Waals surface area contributed by atoms with Crippen LogP contribution in [-0.2, 0) is 35.9 Å². The minimum absolute atomic E-state index is 0.0593. The molecule has 1 aromatic carbocycles. The first-order chi connectivity index (χ1) is 20.7. The van der Waals surface area contributed by atoms with Crippen molar-refractivity contribution in [3.63, 3.8) is 0 Å². The van der Waals surface area contributed by atoms with Crippen molar-refractivity contribution in [3.8, 4) is 0 Å². The van der Waals surface area contributed by atoms with Crippen LogP contribution in [0, 0.1) is 5.92 Å². The Labute approximate surface area is 260 Å². The lowest BCUT2D eigenvalue weighted by molar-refractivity contribution is -0.141. The van der Waals surface area contributed by atoms with E-state index in [0.29, 0.717) is 38.6 Å². The van der Waals surface area contributed by atoms with Crippen LogP contribution in [-0.4, -0.2) is 78.3 Å². The molecule has 1 aliphatic carbocycles. The molecular weight excluding hydrogens is 586 g/mol. The standard InChI is InChI=1S/C31H45N5O7S/c1-30(2,3)43-29(40)32-24-17-12-7-5-6-11-16-23-20-31(23,33-26(37)25-18-13-19-36(25)27(24)38)28(39)34-44(41,42)35(4)21-22-14-9-8-10-15-22/h8-11,14-16,23-25H,5-7,12-13,17-21H2,1-4H3,(H,32,40)(H,33,37)(H,34,39)/b16-11-/t23-,24+,25+,31-/m1/s1. The number of nitrogens with zero attached hydrogens (tertiary/aromatic N) is 2. The van der Waals surface area contributed by atoms with E-state index in [1.807, 2.05) is 18.2 Å². The Bertz CT molecular complexity index is 1360. The lowest BCUT2D eigenvalue weighted by Crippen LogP contribution is -2.59. The van der Waals surface area contributed by atoms with Gasteiger partial charge in [0.15, 0.2) is 0 Å². The summed E-state index contributed by atoms with van der Waals surface area (Å²) in [5.41, 5.74) is -1.44. The maximum absolute atomic E-state index is 13.7. The van der Waals surface area contributed by atoms with Gasteiger partial charge in [-0.25, -0.2) is 9.52 Å². The molecule has 2 heterocycles. The van der Waals surface area contributed by atoms with E-state index in [1.165, 1.54) is 11.9 Å². The largest absolute Gasteiger partial charge is 0.444 e. The molecule has 2 aliphatic heterocycles. The Morgan fingerprint density at radius 2 is 1.82 bits per heavy atom. The number of carbonyl (C=O) groups excluding carboxylic acids is 4. The maximum atomic E-state index is 13.7. The predicted octanol–water partition coefficient (Wildman–Crippen LogP) is 2.76. The Morgan fingerprint density at radius 3 is 2.52 bits per heavy atom. The third kappa shape index (κ3) is 8.38. The van der Waals surface area contributed by atoms with Gasteiger partial charge in [-0.15, -0.1) is 0 Å². The zero-order valence-electron chi connectivity index (χ0n) is 26.0. The molecule has 0 bridgehead atoms. The summed E-state index contributed by atoms with van der Waals surface area (Å²) < 4.78 is 34.9. The number of hydrogen-bond donors (Lipinski definition) is 3. The summed E-state index contributed by atoms with van der Waals surface area (Å²) in [7, 11) is -2.84. The van der Waals surface area contributed by atoms with Gasteiger partial charge in [0.25, 0.3) is 5.91 Å². The lowest BCUT2D eigenvalue weighted by atomic mass is 10.0. The minimum Gasteiger partial charge on any atom is -0.444 e. The first-order valence-electron chi connectivity index (χ1n) is 15.3. The molecule has 0 unspecified atom stereocenters. The average molecular weight is 632 g/mol. The van der Waals surface area contributed by atoms with E-state index in [0.717, 1.165) is 22.7 Å². The molecular formula is C31H45N5O7S. The average Bonchev–Trinajstić information content (AvgIpc) is 3.40. The molecule has 12 nitrogen and oxygen atoms in total. The number of fused-ring (bicyclic) bond motifs is 2. The number of ether oxygens (including phenoxy) is 1. The quantitative estimate of drug-likeness (QED) is 0.408. The van der Waals surface area contributed by atoms with Gasteiger partial charge >= 0.3 is 16.3 Å². The van der Waals surface area contributed by atoms with Gasteiger partial charge in [0, 0.05) is 26.1 Å². The van der Waals surface area contributed by atoms with Crippen LogP contribution >= 0.6 is 0 Å². The molecule has 44 heavy (non-hydrogen) atoms. The second-order valence-electron chi connectivity index (χ2n) is 12.9. The second kappa shape index (κ2) is 13.7. The van der Waals surface area contributed by atoms with E-state index < -0.39 is 57.3 Å². The third-order valence-corrected chi connectivity index (χ3v) is 9.60. The zero-order chi connectivity index (χ0) is 32.1. The number of nitrogens with one attached hydrogen (secondary N) is 3. The molecule has 4 amide bonds. The SMILES string of the molecule is CN(Cc1ccccc1)S(=O)(=O)NC(=O)[C@@]12C[C@H]1/C=C\CCCCC[C@H](NC(=O)OC(C)(C)C)C(=O)N1CCC[C@H]1C(=O)N2. The number of allylic oxidation sites excluding steroid dienone is 1. The summed E-state index contributed by atoms with van der Waals surface area (Å²) in [5, 5.41) is 5.54. The number of hydrogen-bond acceptors (Lipinski definition) is 7. The smallest absolute Gasteiger partial charge is 0.408 e. The minimum atomic E-state index is -4.22. The topological polar surface area (TPSA) is 154 Å². The van der Waals surface area contributed by atoms with E-state index in [1.54, 1.807) is 45.0 Å². The molecule has 4 atom stereocenters. The highest BCUT2D eigenvalue weighted by molar-refractivity contribution is 7.87. The van der Waals surface area contributed by atoms with Crippen molar-refractivity contribution < 1.29 is 32.3 Å². The molecule has 242 valence electrons. The van der Waals surface area contributed by atoms with Crippen molar-refractivity contribution in [2.75, 3.05) is 13.6 Å². The summed E-state index contributed by atoms with van der Waals surface area (Å²) >= 11 is 0. The zero-order valence-corrected chi connectivity index (χ0v) is 26.8. The van der Waals surface area contributed by atoms with Crippen molar-refractivity contribution in [2.24, 2.45) is 5.92 Å². The molecule has 0 aromatic heterocycles. The van der Waals surface area contributed by atoms with Crippen LogP contribution in [0.15, 0.2) is 42.5 Å². The highest BCUT2D eigenvalue weighted by Gasteiger charge is 2.61. The first-order valence-corrected chi connectivity index (χ1v) is 16.8. The van der Waals surface area contributed by atoms with Gasteiger partial charge in [-0.1, -0.05) is 55.3 Å². The van der Waals surface area contributed by atoms with Gasteiger partial charge in [0.2, 0.25) is 11.8 Å². The number of rotatable bonds is 6. The van der Waals surface area contributed by atoms with Crippen LogP contribution in [0.5, 0.6) is 0 Å². The first kappa shape index (κ1) is 33.4. The van der Waals surface area contributed by atoms with Crippen LogP contribution in [0.25, 0.3) is 0 Å². The Hall–Kier alpha value is -3.45. The molecule has 1 aromatic rings. The molecule has 0 spiro atoms. The fourth-order valence-corrected chi connectivity index (χ4v) is 6.65. The van der Waals surface area contributed by atoms with Gasteiger partial charge in [-0.2, -0.15) is 12.7 Å². The maximum Gasteiger partial charge on any atom is 0.408 e. The van der Waals surface area contributed by atoms with Crippen LogP contribution in [0.1, 0.15) is 77.7 Å². The van der Waals surface area contributed by atoms with Gasteiger partial charge in [-0.3, -0.25) is 14.4 Å². The monoisotopic (exact) mass is 631 g/mol. The van der Waals surface area contributed by atoms with E-state index in [2.05, 4.69) is 15.4 Å². The number of alkyl carbamates (subject to hydrolysis) is 1. The summed E-state index contributed by atoms with van der Waals surface area (Å²) in [6, 6.07) is 7.28.